The van der Waals surface area contributed by atoms with E-state index in [1.807, 2.05) is 10.8 Å². The molecule has 1 saturated heterocycles. The van der Waals surface area contributed by atoms with Crippen molar-refractivity contribution >= 4 is 16.9 Å². The molecule has 0 amide bonds. The maximum absolute atomic E-state index is 9.25. The minimum atomic E-state index is -0.203. The first-order valence-electron chi connectivity index (χ1n) is 6.49. The van der Waals surface area contributed by atoms with Crippen LogP contribution in [0.3, 0.4) is 0 Å². The molecular weight excluding hydrogens is 256 g/mol. The van der Waals surface area contributed by atoms with Crippen LogP contribution >= 0.6 is 0 Å². The predicted octanol–water partition coefficient (Wildman–Crippen LogP) is 0.911. The van der Waals surface area contributed by atoms with Crippen LogP contribution in [0.4, 0.5) is 5.82 Å². The fraction of sp³-hybridized carbons (Fsp3) is 0.429. The number of aromatic nitrogens is 3. The molecule has 3 N–H and O–H groups in total. The van der Waals surface area contributed by atoms with Gasteiger partial charge in [0.05, 0.1) is 23.7 Å². The standard InChI is InChI=1S/C14H16N4O2/c1-3-9-5-18(13-11(9)12(15)16-7-17-13)14-8(2)4-10(6-19)20-14/h1,5,7-8,10,14,19H,4,6H2,2H3,(H2,15,16,17). The maximum atomic E-state index is 9.25. The van der Waals surface area contributed by atoms with Crippen molar-refractivity contribution in [2.45, 2.75) is 25.7 Å². The molecular formula is C14H16N4O2. The average molecular weight is 272 g/mol. The van der Waals surface area contributed by atoms with Gasteiger partial charge in [0.25, 0.3) is 0 Å². The Labute approximate surface area is 116 Å². The lowest BCUT2D eigenvalue weighted by Crippen LogP contribution is -2.15. The number of terminal acetylenes is 1. The van der Waals surface area contributed by atoms with E-state index in [9.17, 15) is 5.11 Å². The molecule has 0 aromatic carbocycles. The van der Waals surface area contributed by atoms with Crippen LogP contribution in [0.1, 0.15) is 25.1 Å². The summed E-state index contributed by atoms with van der Waals surface area (Å²) in [5.41, 5.74) is 7.21. The van der Waals surface area contributed by atoms with Gasteiger partial charge in [-0.25, -0.2) is 9.97 Å². The lowest BCUT2D eigenvalue weighted by Gasteiger charge is -2.17. The molecule has 3 atom stereocenters. The normalized spacial score (nSPS) is 25.9. The number of hydrogen-bond donors (Lipinski definition) is 2. The quantitative estimate of drug-likeness (QED) is 0.794. The van der Waals surface area contributed by atoms with Crippen molar-refractivity contribution < 1.29 is 9.84 Å². The van der Waals surface area contributed by atoms with Crippen molar-refractivity contribution in [1.29, 1.82) is 0 Å². The summed E-state index contributed by atoms with van der Waals surface area (Å²) in [6.07, 6.45) is 9.20. The van der Waals surface area contributed by atoms with Crippen molar-refractivity contribution in [3.05, 3.63) is 18.1 Å². The SMILES string of the molecule is C#Cc1cn(C2OC(CO)CC2C)c2ncnc(N)c12. The van der Waals surface area contributed by atoms with Gasteiger partial charge in [-0.15, -0.1) is 6.42 Å². The van der Waals surface area contributed by atoms with Gasteiger partial charge in [0, 0.05) is 12.1 Å². The number of hydrogen-bond acceptors (Lipinski definition) is 5. The number of nitrogens with zero attached hydrogens (tertiary/aromatic N) is 3. The van der Waals surface area contributed by atoms with Gasteiger partial charge in [-0.05, 0) is 6.42 Å². The van der Waals surface area contributed by atoms with E-state index in [-0.39, 0.29) is 24.9 Å². The van der Waals surface area contributed by atoms with Crippen LogP contribution in [0.25, 0.3) is 11.0 Å². The van der Waals surface area contributed by atoms with Gasteiger partial charge in [-0.1, -0.05) is 12.8 Å². The first kappa shape index (κ1) is 12.9. The molecule has 20 heavy (non-hydrogen) atoms. The van der Waals surface area contributed by atoms with Crippen LogP contribution < -0.4 is 5.73 Å². The van der Waals surface area contributed by atoms with Crippen LogP contribution in [-0.2, 0) is 4.74 Å². The number of nitrogen functional groups attached to an aromatic ring is 1. The number of fused-ring (bicyclic) bond motifs is 1. The van der Waals surface area contributed by atoms with E-state index >= 15 is 0 Å². The summed E-state index contributed by atoms with van der Waals surface area (Å²) < 4.78 is 7.75. The van der Waals surface area contributed by atoms with Gasteiger partial charge in [0.2, 0.25) is 0 Å². The molecule has 0 bridgehead atoms. The molecule has 6 heteroatoms. The summed E-state index contributed by atoms with van der Waals surface area (Å²) in [7, 11) is 0. The highest BCUT2D eigenvalue weighted by molar-refractivity contribution is 5.92. The third-order valence-electron chi connectivity index (χ3n) is 3.73. The largest absolute Gasteiger partial charge is 0.394 e. The number of ether oxygens (including phenoxy) is 1. The molecule has 0 aliphatic carbocycles. The Bertz CT molecular complexity index is 688. The fourth-order valence-electron chi connectivity index (χ4n) is 2.79. The van der Waals surface area contributed by atoms with Gasteiger partial charge in [-0.2, -0.15) is 0 Å². The summed E-state index contributed by atoms with van der Waals surface area (Å²) in [5.74, 6) is 3.23. The van der Waals surface area contributed by atoms with Crippen LogP contribution in [0.5, 0.6) is 0 Å². The van der Waals surface area contributed by atoms with Gasteiger partial charge >= 0.3 is 0 Å². The second-order valence-electron chi connectivity index (χ2n) is 5.10. The van der Waals surface area contributed by atoms with E-state index in [1.165, 1.54) is 6.33 Å². The second-order valence-corrected chi connectivity index (χ2v) is 5.10. The Morgan fingerprint density at radius 2 is 2.40 bits per heavy atom. The fourth-order valence-corrected chi connectivity index (χ4v) is 2.79. The highest BCUT2D eigenvalue weighted by Crippen LogP contribution is 2.37. The highest BCUT2D eigenvalue weighted by atomic mass is 16.5. The predicted molar refractivity (Wildman–Crippen MR) is 74.7 cm³/mol. The Morgan fingerprint density at radius 3 is 3.05 bits per heavy atom. The molecule has 6 nitrogen and oxygen atoms in total. The number of rotatable bonds is 2. The van der Waals surface area contributed by atoms with Crippen LogP contribution in [0.15, 0.2) is 12.5 Å². The minimum absolute atomic E-state index is 0.0131. The van der Waals surface area contributed by atoms with Crippen molar-refractivity contribution in [1.82, 2.24) is 14.5 Å². The lowest BCUT2D eigenvalue weighted by atomic mass is 10.1. The Hall–Kier alpha value is -2.10. The van der Waals surface area contributed by atoms with Gasteiger partial charge in [0.1, 0.15) is 24.0 Å². The topological polar surface area (TPSA) is 86.2 Å². The number of aliphatic hydroxyl groups excluding tert-OH is 1. The molecule has 3 heterocycles. The van der Waals surface area contributed by atoms with E-state index in [2.05, 4.69) is 22.8 Å². The molecule has 0 radical (unpaired) electrons. The van der Waals surface area contributed by atoms with Crippen LogP contribution in [-0.4, -0.2) is 32.4 Å². The first-order chi connectivity index (χ1) is 9.65. The van der Waals surface area contributed by atoms with E-state index < -0.39 is 0 Å². The molecule has 0 saturated carbocycles. The van der Waals surface area contributed by atoms with Crippen molar-refractivity contribution in [3.63, 3.8) is 0 Å². The molecule has 3 rings (SSSR count). The highest BCUT2D eigenvalue weighted by Gasteiger charge is 2.34. The van der Waals surface area contributed by atoms with Crippen molar-refractivity contribution in [2.75, 3.05) is 12.3 Å². The summed E-state index contributed by atoms with van der Waals surface area (Å²) >= 11 is 0. The lowest BCUT2D eigenvalue weighted by molar-refractivity contribution is -0.0291. The Morgan fingerprint density at radius 1 is 1.60 bits per heavy atom. The zero-order valence-corrected chi connectivity index (χ0v) is 11.2. The van der Waals surface area contributed by atoms with Gasteiger partial charge < -0.3 is 20.1 Å². The smallest absolute Gasteiger partial charge is 0.148 e. The van der Waals surface area contributed by atoms with E-state index in [0.29, 0.717) is 22.4 Å². The molecule has 104 valence electrons. The van der Waals surface area contributed by atoms with E-state index in [4.69, 9.17) is 16.9 Å². The molecule has 2 aromatic heterocycles. The number of anilines is 1. The number of nitrogens with two attached hydrogens (primary N) is 1. The van der Waals surface area contributed by atoms with Gasteiger partial charge in [-0.3, -0.25) is 0 Å². The summed E-state index contributed by atoms with van der Waals surface area (Å²) in [6.45, 7) is 2.09. The minimum Gasteiger partial charge on any atom is -0.394 e. The molecule has 1 aliphatic heterocycles. The average Bonchev–Trinajstić information content (AvgIpc) is 3.00. The summed E-state index contributed by atoms with van der Waals surface area (Å²) in [6, 6.07) is 0. The second kappa shape index (κ2) is 4.78. The zero-order chi connectivity index (χ0) is 14.3. The Balaban J connectivity index is 2.14. The zero-order valence-electron chi connectivity index (χ0n) is 11.2. The third kappa shape index (κ3) is 1.83. The van der Waals surface area contributed by atoms with Crippen molar-refractivity contribution in [3.8, 4) is 12.3 Å². The molecule has 1 aliphatic rings. The molecule has 2 aromatic rings. The summed E-state index contributed by atoms with van der Waals surface area (Å²) in [4.78, 5) is 8.26. The summed E-state index contributed by atoms with van der Waals surface area (Å²) in [5, 5.41) is 9.92. The number of aliphatic hydroxyl groups is 1. The first-order valence-corrected chi connectivity index (χ1v) is 6.49. The van der Waals surface area contributed by atoms with Gasteiger partial charge in [0.15, 0.2) is 0 Å². The third-order valence-corrected chi connectivity index (χ3v) is 3.73. The Kier molecular flexibility index (Phi) is 3.08. The molecule has 1 fully saturated rings. The van der Waals surface area contributed by atoms with E-state index in [0.717, 1.165) is 6.42 Å². The van der Waals surface area contributed by atoms with E-state index in [1.54, 1.807) is 0 Å². The molecule has 3 unspecified atom stereocenters. The maximum Gasteiger partial charge on any atom is 0.148 e. The van der Waals surface area contributed by atoms with Crippen LogP contribution in [0.2, 0.25) is 0 Å². The molecule has 0 spiro atoms. The van der Waals surface area contributed by atoms with Crippen molar-refractivity contribution in [2.24, 2.45) is 5.92 Å². The monoisotopic (exact) mass is 272 g/mol. The van der Waals surface area contributed by atoms with Crippen LogP contribution in [0, 0.1) is 18.3 Å².